The van der Waals surface area contributed by atoms with E-state index in [0.717, 1.165) is 18.5 Å². The summed E-state index contributed by atoms with van der Waals surface area (Å²) in [5.74, 6) is 0.419. The summed E-state index contributed by atoms with van der Waals surface area (Å²) in [6.07, 6.45) is 1.88. The Morgan fingerprint density at radius 1 is 1.00 bits per heavy atom. The summed E-state index contributed by atoms with van der Waals surface area (Å²) >= 11 is 0. The maximum atomic E-state index is 12.1. The van der Waals surface area contributed by atoms with Gasteiger partial charge >= 0.3 is 0 Å². The molecule has 2 aromatic rings. The summed E-state index contributed by atoms with van der Waals surface area (Å²) in [5.41, 5.74) is 3.58. The molecule has 0 atom stereocenters. The fourth-order valence-corrected chi connectivity index (χ4v) is 2.46. The van der Waals surface area contributed by atoms with Gasteiger partial charge in [0.05, 0.1) is 0 Å². The highest BCUT2D eigenvalue weighted by Crippen LogP contribution is 2.25. The zero-order valence-corrected chi connectivity index (χ0v) is 15.1. The minimum Gasteiger partial charge on any atom is -0.346 e. The Balaban J connectivity index is 2.20. The first kappa shape index (κ1) is 17.9. The summed E-state index contributed by atoms with van der Waals surface area (Å²) in [6.45, 7) is 10.1. The third-order valence-corrected chi connectivity index (χ3v) is 3.64. The van der Waals surface area contributed by atoms with Crippen LogP contribution in [-0.4, -0.2) is 21.6 Å². The average Bonchev–Trinajstić information content (AvgIpc) is 2.54. The second-order valence-electron chi connectivity index (χ2n) is 6.79. The highest BCUT2D eigenvalue weighted by atomic mass is 16.2. The Kier molecular flexibility index (Phi) is 5.54. The molecule has 5 heteroatoms. The van der Waals surface area contributed by atoms with Crippen LogP contribution in [0.1, 0.15) is 56.2 Å². The first-order valence-electron chi connectivity index (χ1n) is 8.38. The second-order valence-corrected chi connectivity index (χ2v) is 6.79. The van der Waals surface area contributed by atoms with Crippen molar-refractivity contribution in [2.24, 2.45) is 0 Å². The fourth-order valence-electron chi connectivity index (χ4n) is 2.46. The molecule has 128 valence electrons. The van der Waals surface area contributed by atoms with Crippen molar-refractivity contribution >= 4 is 17.4 Å². The molecule has 0 spiro atoms. The minimum atomic E-state index is -0.300. The first-order chi connectivity index (χ1) is 11.3. The number of carbonyl (C=O) groups is 1. The van der Waals surface area contributed by atoms with Crippen molar-refractivity contribution in [2.45, 2.75) is 53.0 Å². The molecule has 0 aliphatic carbocycles. The lowest BCUT2D eigenvalue weighted by Gasteiger charge is -2.20. The van der Waals surface area contributed by atoms with E-state index in [1.165, 1.54) is 11.1 Å². The Labute approximate surface area is 143 Å². The molecule has 0 aliphatic rings. The number of benzene rings is 1. The van der Waals surface area contributed by atoms with E-state index in [9.17, 15) is 4.79 Å². The normalized spacial score (nSPS) is 11.2. The zero-order chi connectivity index (χ0) is 17.7. The van der Waals surface area contributed by atoms with Gasteiger partial charge in [0.1, 0.15) is 0 Å². The monoisotopic (exact) mass is 326 g/mol. The van der Waals surface area contributed by atoms with E-state index in [2.05, 4.69) is 52.9 Å². The number of para-hydroxylation sites is 1. The predicted octanol–water partition coefficient (Wildman–Crippen LogP) is 3.87. The summed E-state index contributed by atoms with van der Waals surface area (Å²) in [7, 11) is 0. The van der Waals surface area contributed by atoms with Crippen molar-refractivity contribution in [2.75, 3.05) is 5.32 Å². The summed E-state index contributed by atoms with van der Waals surface area (Å²) < 4.78 is 0. The van der Waals surface area contributed by atoms with Gasteiger partial charge in [-0.05, 0) is 56.9 Å². The molecule has 5 nitrogen and oxygen atoms in total. The van der Waals surface area contributed by atoms with Crippen LogP contribution in [0.15, 0.2) is 30.3 Å². The van der Waals surface area contributed by atoms with Gasteiger partial charge in [0.25, 0.3) is 5.91 Å². The van der Waals surface area contributed by atoms with Gasteiger partial charge < -0.3 is 10.6 Å². The molecule has 1 heterocycles. The average molecular weight is 326 g/mol. The molecule has 0 unspecified atom stereocenters. The smallest absolute Gasteiger partial charge is 0.272 e. The van der Waals surface area contributed by atoms with Gasteiger partial charge in [0.2, 0.25) is 0 Å². The molecule has 2 N–H and O–H groups in total. The van der Waals surface area contributed by atoms with Crippen molar-refractivity contribution in [3.63, 3.8) is 0 Å². The Bertz CT molecular complexity index is 680. The summed E-state index contributed by atoms with van der Waals surface area (Å²) in [6, 6.07) is 9.78. The van der Waals surface area contributed by atoms with E-state index in [1.54, 1.807) is 12.1 Å². The minimum absolute atomic E-state index is 0.218. The number of nitrogens with one attached hydrogen (secondary N) is 2. The van der Waals surface area contributed by atoms with E-state index in [4.69, 9.17) is 0 Å². The van der Waals surface area contributed by atoms with E-state index in [1.807, 2.05) is 20.8 Å². The van der Waals surface area contributed by atoms with Crippen LogP contribution in [0.4, 0.5) is 11.5 Å². The van der Waals surface area contributed by atoms with Gasteiger partial charge in [0, 0.05) is 11.2 Å². The van der Waals surface area contributed by atoms with Crippen molar-refractivity contribution in [3.8, 4) is 0 Å². The number of amides is 1. The van der Waals surface area contributed by atoms with Crippen LogP contribution in [0.25, 0.3) is 0 Å². The van der Waals surface area contributed by atoms with E-state index < -0.39 is 0 Å². The van der Waals surface area contributed by atoms with Gasteiger partial charge in [0.15, 0.2) is 11.5 Å². The molecule has 1 aromatic carbocycles. The lowest BCUT2D eigenvalue weighted by molar-refractivity contribution is 0.0913. The number of aryl methyl sites for hydroxylation is 2. The Morgan fingerprint density at radius 3 is 2.08 bits per heavy atom. The van der Waals surface area contributed by atoms with Gasteiger partial charge in [-0.3, -0.25) is 4.79 Å². The maximum absolute atomic E-state index is 12.1. The molecule has 1 aromatic heterocycles. The molecule has 1 amide bonds. The lowest BCUT2D eigenvalue weighted by Crippen LogP contribution is -2.41. The van der Waals surface area contributed by atoms with Gasteiger partial charge in [-0.15, -0.1) is 10.2 Å². The molecule has 24 heavy (non-hydrogen) atoms. The van der Waals surface area contributed by atoms with Crippen molar-refractivity contribution in [1.82, 2.24) is 15.5 Å². The Morgan fingerprint density at radius 2 is 1.62 bits per heavy atom. The Hall–Kier alpha value is -2.43. The van der Waals surface area contributed by atoms with E-state index in [0.29, 0.717) is 11.5 Å². The number of rotatable bonds is 5. The number of nitrogens with zero attached hydrogens (tertiary/aromatic N) is 2. The second kappa shape index (κ2) is 7.43. The topological polar surface area (TPSA) is 66.9 Å². The van der Waals surface area contributed by atoms with Crippen LogP contribution in [0, 0.1) is 0 Å². The van der Waals surface area contributed by atoms with Crippen LogP contribution in [0.3, 0.4) is 0 Å². The molecule has 0 saturated heterocycles. The number of aromatic nitrogens is 2. The molecule has 0 bridgehead atoms. The van der Waals surface area contributed by atoms with Gasteiger partial charge in [-0.1, -0.05) is 32.0 Å². The first-order valence-corrected chi connectivity index (χ1v) is 8.38. The van der Waals surface area contributed by atoms with Crippen LogP contribution in [0.5, 0.6) is 0 Å². The third-order valence-electron chi connectivity index (χ3n) is 3.64. The van der Waals surface area contributed by atoms with Crippen LogP contribution < -0.4 is 10.6 Å². The number of carbonyl (C=O) groups excluding carboxylic acids is 1. The molecule has 0 radical (unpaired) electrons. The summed E-state index contributed by atoms with van der Waals surface area (Å²) in [5, 5.41) is 14.4. The zero-order valence-electron chi connectivity index (χ0n) is 15.1. The molecule has 0 fully saturated rings. The predicted molar refractivity (Wildman–Crippen MR) is 97.7 cm³/mol. The number of hydrogen-bond donors (Lipinski definition) is 2. The van der Waals surface area contributed by atoms with Crippen molar-refractivity contribution in [3.05, 3.63) is 47.2 Å². The maximum Gasteiger partial charge on any atom is 0.272 e. The molecular weight excluding hydrogens is 300 g/mol. The van der Waals surface area contributed by atoms with Crippen molar-refractivity contribution < 1.29 is 4.79 Å². The standard InChI is InChI=1S/C19H26N4O/c1-6-13-9-8-10-14(7-2)17(13)20-16-12-11-15(22-23-16)18(24)21-19(3,4)5/h8-12H,6-7H2,1-5H3,(H,20,23)(H,21,24). The highest BCUT2D eigenvalue weighted by Gasteiger charge is 2.16. The third kappa shape index (κ3) is 4.54. The van der Waals surface area contributed by atoms with Crippen LogP contribution >= 0.6 is 0 Å². The SMILES string of the molecule is CCc1cccc(CC)c1Nc1ccc(C(=O)NC(C)(C)C)nn1. The fraction of sp³-hybridized carbons (Fsp3) is 0.421. The molecular formula is C19H26N4O. The largest absolute Gasteiger partial charge is 0.346 e. The van der Waals surface area contributed by atoms with E-state index >= 15 is 0 Å². The number of hydrogen-bond acceptors (Lipinski definition) is 4. The van der Waals surface area contributed by atoms with Gasteiger partial charge in [-0.2, -0.15) is 0 Å². The molecule has 0 saturated carbocycles. The molecule has 0 aliphatic heterocycles. The summed E-state index contributed by atoms with van der Waals surface area (Å²) in [4.78, 5) is 12.1. The van der Waals surface area contributed by atoms with Crippen molar-refractivity contribution in [1.29, 1.82) is 0 Å². The molecule has 2 rings (SSSR count). The van der Waals surface area contributed by atoms with Crippen LogP contribution in [0.2, 0.25) is 0 Å². The lowest BCUT2D eigenvalue weighted by atomic mass is 10.0. The number of anilines is 2. The van der Waals surface area contributed by atoms with Gasteiger partial charge in [-0.25, -0.2) is 0 Å². The highest BCUT2D eigenvalue weighted by molar-refractivity contribution is 5.92. The van der Waals surface area contributed by atoms with Crippen LogP contribution in [-0.2, 0) is 12.8 Å². The quantitative estimate of drug-likeness (QED) is 0.875. The van der Waals surface area contributed by atoms with E-state index in [-0.39, 0.29) is 11.4 Å².